The summed E-state index contributed by atoms with van der Waals surface area (Å²) in [6, 6.07) is 14.8. The minimum atomic E-state index is -0.878. The molecule has 4 nitrogen and oxygen atoms in total. The van der Waals surface area contributed by atoms with Gasteiger partial charge in [0.15, 0.2) is 0 Å². The van der Waals surface area contributed by atoms with E-state index in [2.05, 4.69) is 10.6 Å². The van der Waals surface area contributed by atoms with E-state index < -0.39 is 23.2 Å². The van der Waals surface area contributed by atoms with Gasteiger partial charge in [-0.15, -0.1) is 0 Å². The van der Waals surface area contributed by atoms with Gasteiger partial charge in [0, 0.05) is 16.8 Å². The molecular weight excluding hydrogens is 362 g/mol. The Bertz CT molecular complexity index is 1040. The molecule has 0 aliphatic rings. The first-order chi connectivity index (χ1) is 13.4. The van der Waals surface area contributed by atoms with Gasteiger partial charge in [-0.2, -0.15) is 0 Å². The fraction of sp³-hybridized carbons (Fsp3) is 0.0909. The van der Waals surface area contributed by atoms with Gasteiger partial charge < -0.3 is 10.6 Å². The number of carbonyl (C=O) groups is 2. The maximum Gasteiger partial charge on any atom is 0.255 e. The van der Waals surface area contributed by atoms with Crippen LogP contribution in [0.1, 0.15) is 31.8 Å². The van der Waals surface area contributed by atoms with Crippen LogP contribution in [0.4, 0.5) is 20.2 Å². The van der Waals surface area contributed by atoms with E-state index >= 15 is 0 Å². The van der Waals surface area contributed by atoms with Crippen LogP contribution in [0.15, 0.2) is 60.7 Å². The molecule has 0 saturated carbocycles. The maximum atomic E-state index is 13.7. The van der Waals surface area contributed by atoms with E-state index in [9.17, 15) is 18.4 Å². The maximum absolute atomic E-state index is 13.7. The summed E-state index contributed by atoms with van der Waals surface area (Å²) in [7, 11) is 0. The molecule has 0 aliphatic carbocycles. The molecule has 0 spiro atoms. The van der Waals surface area contributed by atoms with E-state index in [4.69, 9.17) is 0 Å². The highest BCUT2D eigenvalue weighted by molar-refractivity contribution is 6.09. The number of hydrogen-bond donors (Lipinski definition) is 2. The van der Waals surface area contributed by atoms with E-state index in [1.165, 1.54) is 24.3 Å². The first-order valence-corrected chi connectivity index (χ1v) is 8.60. The fourth-order valence-corrected chi connectivity index (χ4v) is 2.69. The van der Waals surface area contributed by atoms with Gasteiger partial charge >= 0.3 is 0 Å². The van der Waals surface area contributed by atoms with Crippen molar-refractivity contribution in [3.63, 3.8) is 0 Å². The van der Waals surface area contributed by atoms with E-state index in [1.807, 2.05) is 26.0 Å². The molecule has 142 valence electrons. The summed E-state index contributed by atoms with van der Waals surface area (Å²) in [5, 5.41) is 5.02. The molecule has 3 rings (SSSR count). The Hall–Kier alpha value is -3.54. The van der Waals surface area contributed by atoms with Crippen molar-refractivity contribution in [2.45, 2.75) is 13.8 Å². The molecule has 2 amide bonds. The molecule has 28 heavy (non-hydrogen) atoms. The van der Waals surface area contributed by atoms with Crippen molar-refractivity contribution < 1.29 is 18.4 Å². The highest BCUT2D eigenvalue weighted by atomic mass is 19.1. The van der Waals surface area contributed by atoms with Crippen LogP contribution in [-0.2, 0) is 0 Å². The lowest BCUT2D eigenvalue weighted by molar-refractivity contribution is 0.102. The summed E-state index contributed by atoms with van der Waals surface area (Å²) >= 11 is 0. The van der Waals surface area contributed by atoms with Crippen molar-refractivity contribution in [1.29, 1.82) is 0 Å². The van der Waals surface area contributed by atoms with Crippen LogP contribution in [0.3, 0.4) is 0 Å². The number of anilines is 2. The molecule has 0 aromatic heterocycles. The molecule has 0 atom stereocenters. The van der Waals surface area contributed by atoms with Crippen LogP contribution in [-0.4, -0.2) is 11.8 Å². The molecule has 0 saturated heterocycles. The van der Waals surface area contributed by atoms with Gasteiger partial charge in [-0.05, 0) is 61.4 Å². The first kappa shape index (κ1) is 19.2. The van der Waals surface area contributed by atoms with E-state index in [-0.39, 0.29) is 17.0 Å². The Kier molecular flexibility index (Phi) is 5.49. The molecule has 3 aromatic carbocycles. The Balaban J connectivity index is 1.81. The average molecular weight is 380 g/mol. The lowest BCUT2D eigenvalue weighted by Gasteiger charge is -2.11. The zero-order valence-electron chi connectivity index (χ0n) is 15.3. The van der Waals surface area contributed by atoms with Crippen molar-refractivity contribution in [3.8, 4) is 0 Å². The summed E-state index contributed by atoms with van der Waals surface area (Å²) in [5.74, 6) is -2.86. The lowest BCUT2D eigenvalue weighted by atomic mass is 10.1. The van der Waals surface area contributed by atoms with Crippen molar-refractivity contribution in [2.24, 2.45) is 0 Å². The standard InChI is InChI=1S/C22H18F2N2O2/c1-13-6-3-11-19(14(13)2)25-21(27)15-7-4-8-16(12-15)22(28)26-20-17(23)9-5-10-18(20)24/h3-12H,1-2H3,(H,25,27)(H,26,28). The smallest absolute Gasteiger partial charge is 0.255 e. The zero-order valence-corrected chi connectivity index (χ0v) is 15.3. The first-order valence-electron chi connectivity index (χ1n) is 8.60. The minimum Gasteiger partial charge on any atom is -0.322 e. The summed E-state index contributed by atoms with van der Waals surface area (Å²) in [4.78, 5) is 24.9. The Labute approximate surface area is 161 Å². The second-order valence-electron chi connectivity index (χ2n) is 6.33. The molecular formula is C22H18F2N2O2. The van der Waals surface area contributed by atoms with Gasteiger partial charge in [0.1, 0.15) is 17.3 Å². The number of halogens is 2. The van der Waals surface area contributed by atoms with Gasteiger partial charge in [0.25, 0.3) is 11.8 Å². The number of amides is 2. The zero-order chi connectivity index (χ0) is 20.3. The summed E-state index contributed by atoms with van der Waals surface area (Å²) < 4.78 is 27.5. The van der Waals surface area contributed by atoms with Gasteiger partial charge in [-0.3, -0.25) is 9.59 Å². The predicted molar refractivity (Wildman–Crippen MR) is 105 cm³/mol. The SMILES string of the molecule is Cc1cccc(NC(=O)c2cccc(C(=O)Nc3c(F)cccc3F)c2)c1C. The van der Waals surface area contributed by atoms with Crippen LogP contribution < -0.4 is 10.6 Å². The largest absolute Gasteiger partial charge is 0.322 e. The minimum absolute atomic E-state index is 0.108. The normalized spacial score (nSPS) is 10.4. The van der Waals surface area contributed by atoms with Crippen LogP contribution in [0, 0.1) is 25.5 Å². The third kappa shape index (κ3) is 4.06. The van der Waals surface area contributed by atoms with Crippen LogP contribution in [0.5, 0.6) is 0 Å². The third-order valence-electron chi connectivity index (χ3n) is 4.44. The van der Waals surface area contributed by atoms with Crippen LogP contribution >= 0.6 is 0 Å². The molecule has 0 radical (unpaired) electrons. The highest BCUT2D eigenvalue weighted by Gasteiger charge is 2.15. The molecule has 0 heterocycles. The Morgan fingerprint density at radius 1 is 0.750 bits per heavy atom. The van der Waals surface area contributed by atoms with Gasteiger partial charge in [0.05, 0.1) is 0 Å². The number of nitrogens with one attached hydrogen (secondary N) is 2. The van der Waals surface area contributed by atoms with Crippen molar-refractivity contribution in [3.05, 3.63) is 94.6 Å². The molecule has 0 fully saturated rings. The molecule has 0 unspecified atom stereocenters. The second kappa shape index (κ2) is 8.00. The Morgan fingerprint density at radius 3 is 1.93 bits per heavy atom. The number of rotatable bonds is 4. The second-order valence-corrected chi connectivity index (χ2v) is 6.33. The molecule has 0 aliphatic heterocycles. The van der Waals surface area contributed by atoms with Gasteiger partial charge in [0.2, 0.25) is 0 Å². The number of aryl methyl sites for hydroxylation is 1. The van der Waals surface area contributed by atoms with Gasteiger partial charge in [-0.25, -0.2) is 8.78 Å². The molecule has 0 bridgehead atoms. The van der Waals surface area contributed by atoms with Crippen molar-refractivity contribution >= 4 is 23.2 Å². The van der Waals surface area contributed by atoms with Gasteiger partial charge in [-0.1, -0.05) is 24.3 Å². The van der Waals surface area contributed by atoms with E-state index in [1.54, 1.807) is 12.1 Å². The number of benzene rings is 3. The third-order valence-corrected chi connectivity index (χ3v) is 4.44. The highest BCUT2D eigenvalue weighted by Crippen LogP contribution is 2.21. The monoisotopic (exact) mass is 380 g/mol. The number of hydrogen-bond acceptors (Lipinski definition) is 2. The van der Waals surface area contributed by atoms with Crippen molar-refractivity contribution in [1.82, 2.24) is 0 Å². The van der Waals surface area contributed by atoms with Crippen LogP contribution in [0.2, 0.25) is 0 Å². The number of para-hydroxylation sites is 1. The number of carbonyl (C=O) groups excluding carboxylic acids is 2. The van der Waals surface area contributed by atoms with E-state index in [0.717, 1.165) is 23.3 Å². The van der Waals surface area contributed by atoms with Crippen LogP contribution in [0.25, 0.3) is 0 Å². The predicted octanol–water partition coefficient (Wildman–Crippen LogP) is 5.09. The Morgan fingerprint density at radius 2 is 1.29 bits per heavy atom. The topological polar surface area (TPSA) is 58.2 Å². The molecule has 6 heteroatoms. The lowest BCUT2D eigenvalue weighted by Crippen LogP contribution is -2.17. The fourth-order valence-electron chi connectivity index (χ4n) is 2.69. The summed E-state index contributed by atoms with van der Waals surface area (Å²) in [6.07, 6.45) is 0. The summed E-state index contributed by atoms with van der Waals surface area (Å²) in [6.45, 7) is 3.84. The van der Waals surface area contributed by atoms with E-state index in [0.29, 0.717) is 5.69 Å². The quantitative estimate of drug-likeness (QED) is 0.663. The average Bonchev–Trinajstić information content (AvgIpc) is 2.68. The molecule has 3 aromatic rings. The molecule has 2 N–H and O–H groups in total. The summed E-state index contributed by atoms with van der Waals surface area (Å²) in [5.41, 5.74) is 2.49. The van der Waals surface area contributed by atoms with Crippen molar-refractivity contribution in [2.75, 3.05) is 10.6 Å².